The van der Waals surface area contributed by atoms with Crippen molar-refractivity contribution in [2.24, 2.45) is 5.14 Å². The molecule has 2 aromatic rings. The molecule has 102 valence electrons. The summed E-state index contributed by atoms with van der Waals surface area (Å²) in [6.45, 7) is 0. The minimum absolute atomic E-state index is 0.0947. The normalized spacial score (nSPS) is 10.8. The summed E-state index contributed by atoms with van der Waals surface area (Å²) in [7, 11) is -3.93. The fourth-order valence-electron chi connectivity index (χ4n) is 1.63. The quantitative estimate of drug-likeness (QED) is 0.831. The van der Waals surface area contributed by atoms with Gasteiger partial charge in [0.05, 0.1) is 11.3 Å². The third-order valence-corrected chi connectivity index (χ3v) is 3.53. The van der Waals surface area contributed by atoms with Gasteiger partial charge in [0.25, 0.3) is 0 Å². The number of hydrogen-bond donors (Lipinski definition) is 2. The minimum atomic E-state index is -3.93. The van der Waals surface area contributed by atoms with Gasteiger partial charge in [-0.2, -0.15) is 5.26 Å². The van der Waals surface area contributed by atoms with Crippen LogP contribution < -0.4 is 15.6 Å². The van der Waals surface area contributed by atoms with Crippen molar-refractivity contribution in [3.05, 3.63) is 48.0 Å². The van der Waals surface area contributed by atoms with Crippen LogP contribution in [0.25, 0.3) is 0 Å². The minimum Gasteiger partial charge on any atom is -0.454 e. The molecule has 2 rings (SSSR count). The smallest absolute Gasteiger partial charge is 0.240 e. The van der Waals surface area contributed by atoms with Gasteiger partial charge in [0.15, 0.2) is 5.75 Å². The van der Waals surface area contributed by atoms with Crippen molar-refractivity contribution < 1.29 is 13.2 Å². The summed E-state index contributed by atoms with van der Waals surface area (Å²) in [5, 5.41) is 14.0. The van der Waals surface area contributed by atoms with Crippen molar-refractivity contribution in [3.8, 4) is 17.6 Å². The van der Waals surface area contributed by atoms with Crippen LogP contribution in [0, 0.1) is 11.3 Å². The fourth-order valence-corrected chi connectivity index (χ4v) is 2.30. The van der Waals surface area contributed by atoms with Crippen molar-refractivity contribution in [2.75, 3.05) is 5.73 Å². The molecular formula is C13H11N3O3S. The molecule has 0 aromatic heterocycles. The van der Waals surface area contributed by atoms with Gasteiger partial charge >= 0.3 is 0 Å². The Balaban J connectivity index is 2.48. The first-order valence-electron chi connectivity index (χ1n) is 5.52. The molecule has 0 aliphatic heterocycles. The number of nitrogen functional groups attached to an aromatic ring is 1. The Morgan fingerprint density at radius 2 is 1.70 bits per heavy atom. The van der Waals surface area contributed by atoms with E-state index in [1.807, 2.05) is 6.07 Å². The Bertz CT molecular complexity index is 795. The second-order valence-corrected chi connectivity index (χ2v) is 5.45. The summed E-state index contributed by atoms with van der Waals surface area (Å²) in [5.41, 5.74) is 5.96. The summed E-state index contributed by atoms with van der Waals surface area (Å²) < 4.78 is 28.2. The van der Waals surface area contributed by atoms with Crippen LogP contribution >= 0.6 is 0 Å². The Hall–Kier alpha value is -2.56. The maximum Gasteiger partial charge on any atom is 0.240 e. The molecule has 0 saturated heterocycles. The predicted molar refractivity (Wildman–Crippen MR) is 73.5 cm³/mol. The molecule has 0 atom stereocenters. The molecule has 0 saturated carbocycles. The van der Waals surface area contributed by atoms with Crippen molar-refractivity contribution in [1.82, 2.24) is 0 Å². The van der Waals surface area contributed by atoms with Gasteiger partial charge in [-0.1, -0.05) is 18.2 Å². The number of benzene rings is 2. The number of nitrogens with zero attached hydrogens (tertiary/aromatic N) is 1. The summed E-state index contributed by atoms with van der Waals surface area (Å²) in [5.74, 6) is 0.410. The Morgan fingerprint density at radius 1 is 1.05 bits per heavy atom. The van der Waals surface area contributed by atoms with Crippen LogP contribution in [-0.4, -0.2) is 8.42 Å². The number of anilines is 1. The molecule has 6 nitrogen and oxygen atoms in total. The van der Waals surface area contributed by atoms with Crippen LogP contribution in [0.15, 0.2) is 47.4 Å². The van der Waals surface area contributed by atoms with Gasteiger partial charge in [0, 0.05) is 0 Å². The SMILES string of the molecule is N#Cc1ccccc1Oc1cccc(S(N)(=O)=O)c1N. The zero-order chi connectivity index (χ0) is 14.8. The average molecular weight is 289 g/mol. The van der Waals surface area contributed by atoms with Crippen LogP contribution in [0.5, 0.6) is 11.5 Å². The summed E-state index contributed by atoms with van der Waals surface area (Å²) in [4.78, 5) is -0.218. The highest BCUT2D eigenvalue weighted by Crippen LogP contribution is 2.33. The van der Waals surface area contributed by atoms with Crippen molar-refractivity contribution in [2.45, 2.75) is 4.90 Å². The molecular weight excluding hydrogens is 278 g/mol. The monoisotopic (exact) mass is 289 g/mol. The van der Waals surface area contributed by atoms with E-state index in [1.54, 1.807) is 24.3 Å². The Morgan fingerprint density at radius 3 is 2.35 bits per heavy atom. The van der Waals surface area contributed by atoms with E-state index < -0.39 is 10.0 Å². The standard InChI is InChI=1S/C13H11N3O3S/c14-8-9-4-1-2-5-10(9)19-11-6-3-7-12(13(11)15)20(16,17)18/h1-7H,15H2,(H2,16,17,18). The number of nitriles is 1. The zero-order valence-electron chi connectivity index (χ0n) is 10.3. The number of sulfonamides is 1. The molecule has 7 heteroatoms. The van der Waals surface area contributed by atoms with Crippen molar-refractivity contribution in [1.29, 1.82) is 5.26 Å². The second kappa shape index (κ2) is 5.21. The summed E-state index contributed by atoms with van der Waals surface area (Å²) in [6.07, 6.45) is 0. The van der Waals surface area contributed by atoms with Crippen molar-refractivity contribution in [3.63, 3.8) is 0 Å². The largest absolute Gasteiger partial charge is 0.454 e. The molecule has 0 aliphatic carbocycles. The van der Waals surface area contributed by atoms with Crippen LogP contribution in [0.2, 0.25) is 0 Å². The molecule has 20 heavy (non-hydrogen) atoms. The zero-order valence-corrected chi connectivity index (χ0v) is 11.1. The van der Waals surface area contributed by atoms with E-state index in [9.17, 15) is 8.42 Å². The molecule has 2 aromatic carbocycles. The number of hydrogen-bond acceptors (Lipinski definition) is 5. The number of para-hydroxylation sites is 2. The number of nitrogens with two attached hydrogens (primary N) is 2. The highest BCUT2D eigenvalue weighted by Gasteiger charge is 2.16. The van der Waals surface area contributed by atoms with Gasteiger partial charge in [0.2, 0.25) is 10.0 Å². The maximum atomic E-state index is 11.4. The van der Waals surface area contributed by atoms with Crippen LogP contribution in [-0.2, 0) is 10.0 Å². The predicted octanol–water partition coefficient (Wildman–Crippen LogP) is 1.58. The van der Waals surface area contributed by atoms with E-state index >= 15 is 0 Å². The summed E-state index contributed by atoms with van der Waals surface area (Å²) >= 11 is 0. The molecule has 0 aliphatic rings. The van der Waals surface area contributed by atoms with Gasteiger partial charge in [-0.05, 0) is 24.3 Å². The van der Waals surface area contributed by atoms with E-state index in [4.69, 9.17) is 20.9 Å². The van der Waals surface area contributed by atoms with Gasteiger partial charge in [-0.3, -0.25) is 0 Å². The lowest BCUT2D eigenvalue weighted by Crippen LogP contribution is -2.14. The van der Waals surface area contributed by atoms with Crippen LogP contribution in [0.3, 0.4) is 0 Å². The van der Waals surface area contributed by atoms with E-state index in [-0.39, 0.29) is 22.1 Å². The lowest BCUT2D eigenvalue weighted by molar-refractivity contribution is 0.482. The lowest BCUT2D eigenvalue weighted by Gasteiger charge is -2.11. The third kappa shape index (κ3) is 2.71. The fraction of sp³-hybridized carbons (Fsp3) is 0. The third-order valence-electron chi connectivity index (χ3n) is 2.56. The molecule has 4 N–H and O–H groups in total. The van der Waals surface area contributed by atoms with E-state index in [0.717, 1.165) is 0 Å². The highest BCUT2D eigenvalue weighted by molar-refractivity contribution is 7.89. The van der Waals surface area contributed by atoms with Gasteiger partial charge in [0.1, 0.15) is 16.7 Å². The first-order valence-corrected chi connectivity index (χ1v) is 7.06. The van der Waals surface area contributed by atoms with Gasteiger partial charge in [-0.15, -0.1) is 0 Å². The molecule has 0 unspecified atom stereocenters. The first kappa shape index (κ1) is 13.9. The highest BCUT2D eigenvalue weighted by atomic mass is 32.2. The molecule has 0 heterocycles. The van der Waals surface area contributed by atoms with E-state index in [0.29, 0.717) is 5.56 Å². The van der Waals surface area contributed by atoms with Crippen LogP contribution in [0.4, 0.5) is 5.69 Å². The Labute approximate surface area is 116 Å². The Kier molecular flexibility index (Phi) is 3.61. The molecule has 0 fully saturated rings. The molecule has 0 amide bonds. The number of rotatable bonds is 3. The molecule has 0 radical (unpaired) electrons. The van der Waals surface area contributed by atoms with E-state index in [2.05, 4.69) is 0 Å². The van der Waals surface area contributed by atoms with E-state index in [1.165, 1.54) is 18.2 Å². The second-order valence-electron chi connectivity index (χ2n) is 3.92. The van der Waals surface area contributed by atoms with Crippen LogP contribution in [0.1, 0.15) is 5.56 Å². The molecule has 0 spiro atoms. The average Bonchev–Trinajstić information content (AvgIpc) is 2.40. The first-order chi connectivity index (χ1) is 9.43. The van der Waals surface area contributed by atoms with Gasteiger partial charge < -0.3 is 10.5 Å². The molecule has 0 bridgehead atoms. The topological polar surface area (TPSA) is 119 Å². The van der Waals surface area contributed by atoms with Crippen molar-refractivity contribution >= 4 is 15.7 Å². The lowest BCUT2D eigenvalue weighted by atomic mass is 10.2. The number of ether oxygens (including phenoxy) is 1. The maximum absolute atomic E-state index is 11.4. The summed E-state index contributed by atoms with van der Waals surface area (Å²) in [6, 6.07) is 12.8. The van der Waals surface area contributed by atoms with Gasteiger partial charge in [-0.25, -0.2) is 13.6 Å². The number of primary sulfonamides is 1.